The van der Waals surface area contributed by atoms with Crippen molar-refractivity contribution in [3.8, 4) is 34.5 Å². The monoisotopic (exact) mass is 542 g/mol. The minimum Gasteiger partial charge on any atom is -0.502 e. The number of benzene rings is 3. The van der Waals surface area contributed by atoms with Crippen molar-refractivity contribution in [2.45, 2.75) is 19.4 Å². The normalized spacial score (nSPS) is 9.90. The predicted molar refractivity (Wildman–Crippen MR) is 143 cm³/mol. The molecule has 0 bridgehead atoms. The predicted octanol–water partition coefficient (Wildman–Crippen LogP) is 4.12. The lowest BCUT2D eigenvalue weighted by Crippen LogP contribution is -2.06. The number of ether oxygens (including phenoxy) is 7. The largest absolute Gasteiger partial charge is 0.502 e. The summed E-state index contributed by atoms with van der Waals surface area (Å²) >= 11 is 0. The minimum atomic E-state index is -0.366. The van der Waals surface area contributed by atoms with E-state index in [1.807, 2.05) is 30.3 Å². The number of phenolic OH excluding ortho intramolecular Hbond substituents is 1. The van der Waals surface area contributed by atoms with Gasteiger partial charge in [-0.1, -0.05) is 30.3 Å². The number of esters is 2. The third-order valence-electron chi connectivity index (χ3n) is 5.44. The summed E-state index contributed by atoms with van der Waals surface area (Å²) in [6.07, 6.45) is 0.242. The number of hydrogen-bond donors (Lipinski definition) is 1. The molecule has 0 amide bonds. The van der Waals surface area contributed by atoms with Gasteiger partial charge in [-0.15, -0.1) is 0 Å². The third-order valence-corrected chi connectivity index (χ3v) is 5.44. The first-order chi connectivity index (χ1) is 18.8. The zero-order chi connectivity index (χ0) is 28.8. The Balaban J connectivity index is 0.000000293. The van der Waals surface area contributed by atoms with Gasteiger partial charge in [0.25, 0.3) is 0 Å². The average molecular weight is 543 g/mol. The fourth-order valence-electron chi connectivity index (χ4n) is 3.44. The molecule has 0 aliphatic heterocycles. The zero-order valence-electron chi connectivity index (χ0n) is 22.9. The van der Waals surface area contributed by atoms with Gasteiger partial charge in [0.2, 0.25) is 11.5 Å². The van der Waals surface area contributed by atoms with E-state index in [0.717, 1.165) is 11.1 Å². The molecule has 10 nitrogen and oxygen atoms in total. The lowest BCUT2D eigenvalue weighted by Gasteiger charge is -2.16. The fourth-order valence-corrected chi connectivity index (χ4v) is 3.44. The van der Waals surface area contributed by atoms with Gasteiger partial charge in [-0.2, -0.15) is 0 Å². The summed E-state index contributed by atoms with van der Waals surface area (Å²) in [6.45, 7) is 0.393. The molecule has 0 atom stereocenters. The van der Waals surface area contributed by atoms with E-state index in [0.29, 0.717) is 29.4 Å². The topological polar surface area (TPSA) is 119 Å². The molecule has 10 heteroatoms. The van der Waals surface area contributed by atoms with E-state index in [-0.39, 0.29) is 42.0 Å². The van der Waals surface area contributed by atoms with Crippen LogP contribution in [0.1, 0.15) is 16.7 Å². The second-order valence-electron chi connectivity index (χ2n) is 7.96. The van der Waals surface area contributed by atoms with Gasteiger partial charge in [0.05, 0.1) is 55.5 Å². The highest BCUT2D eigenvalue weighted by molar-refractivity contribution is 5.74. The second kappa shape index (κ2) is 15.6. The summed E-state index contributed by atoms with van der Waals surface area (Å²) in [5.74, 6) is 1.28. The Morgan fingerprint density at radius 3 is 1.41 bits per heavy atom. The quantitative estimate of drug-likeness (QED) is 0.354. The van der Waals surface area contributed by atoms with Gasteiger partial charge in [-0.05, 0) is 41.0 Å². The molecule has 0 aliphatic rings. The summed E-state index contributed by atoms with van der Waals surface area (Å²) in [5, 5.41) is 9.64. The SMILES string of the molecule is COC(=O)Cc1cc(OC)c(O)c(OC)c1.COC(=O)Cc1cc(OC)c(OCc2ccccc2)c(OC)c1. The minimum absolute atomic E-state index is 0.0846. The highest BCUT2D eigenvalue weighted by Gasteiger charge is 2.16. The molecule has 3 rings (SSSR count). The van der Waals surface area contributed by atoms with E-state index in [4.69, 9.17) is 23.7 Å². The van der Waals surface area contributed by atoms with Gasteiger partial charge in [-0.3, -0.25) is 9.59 Å². The van der Waals surface area contributed by atoms with Crippen molar-refractivity contribution in [1.82, 2.24) is 0 Å². The van der Waals surface area contributed by atoms with Crippen LogP contribution in [-0.4, -0.2) is 59.7 Å². The van der Waals surface area contributed by atoms with Crippen LogP contribution in [0, 0.1) is 0 Å². The van der Waals surface area contributed by atoms with Crippen molar-refractivity contribution < 1.29 is 47.9 Å². The number of carbonyl (C=O) groups excluding carboxylic acids is 2. The van der Waals surface area contributed by atoms with E-state index >= 15 is 0 Å². The van der Waals surface area contributed by atoms with E-state index in [1.165, 1.54) is 28.4 Å². The molecule has 0 heterocycles. The molecule has 0 fully saturated rings. The molecule has 3 aromatic carbocycles. The molecule has 0 aliphatic carbocycles. The molecule has 3 aromatic rings. The van der Waals surface area contributed by atoms with Crippen LogP contribution in [0.3, 0.4) is 0 Å². The maximum atomic E-state index is 11.4. The standard InChI is InChI=1S/C18H20O5.C11H14O5/c1-20-15-9-14(11-17(19)22-3)10-16(21-2)18(15)23-12-13-7-5-4-6-8-13;1-14-8-4-7(6-10(12)16-3)5-9(15-2)11(8)13/h4-10H,11-12H2,1-3H3;4-5,13H,6H2,1-3H3. The molecule has 1 N–H and O–H groups in total. The molecule has 0 saturated carbocycles. The molecular weight excluding hydrogens is 508 g/mol. The molecule has 39 heavy (non-hydrogen) atoms. The van der Waals surface area contributed by atoms with Gasteiger partial charge in [-0.25, -0.2) is 0 Å². The van der Waals surface area contributed by atoms with Crippen LogP contribution in [0.2, 0.25) is 0 Å². The number of hydrogen-bond acceptors (Lipinski definition) is 10. The maximum Gasteiger partial charge on any atom is 0.309 e. The molecule has 0 spiro atoms. The molecule has 210 valence electrons. The summed E-state index contributed by atoms with van der Waals surface area (Å²) in [4.78, 5) is 22.5. The van der Waals surface area contributed by atoms with Crippen LogP contribution in [-0.2, 0) is 38.5 Å². The summed E-state index contributed by atoms with van der Waals surface area (Å²) < 4.78 is 35.8. The van der Waals surface area contributed by atoms with E-state index < -0.39 is 0 Å². The van der Waals surface area contributed by atoms with Gasteiger partial charge < -0.3 is 38.3 Å². The third kappa shape index (κ3) is 9.03. The lowest BCUT2D eigenvalue weighted by molar-refractivity contribution is -0.140. The molecule has 0 aromatic heterocycles. The van der Waals surface area contributed by atoms with Crippen molar-refractivity contribution in [1.29, 1.82) is 0 Å². The van der Waals surface area contributed by atoms with Crippen LogP contribution in [0.5, 0.6) is 34.5 Å². The smallest absolute Gasteiger partial charge is 0.309 e. The Hall–Kier alpha value is -4.60. The summed E-state index contributed by atoms with van der Waals surface area (Å²) in [5.41, 5.74) is 2.42. The highest BCUT2D eigenvalue weighted by Crippen LogP contribution is 2.39. The Morgan fingerprint density at radius 1 is 0.615 bits per heavy atom. The Morgan fingerprint density at radius 2 is 1.03 bits per heavy atom. The molecular formula is C29H34O10. The van der Waals surface area contributed by atoms with Crippen molar-refractivity contribution >= 4 is 11.9 Å². The van der Waals surface area contributed by atoms with Crippen molar-refractivity contribution in [3.63, 3.8) is 0 Å². The first-order valence-corrected chi connectivity index (χ1v) is 11.8. The second-order valence-corrected chi connectivity index (χ2v) is 7.96. The average Bonchev–Trinajstić information content (AvgIpc) is 2.97. The number of carbonyl (C=O) groups is 2. The van der Waals surface area contributed by atoms with E-state index in [1.54, 1.807) is 38.5 Å². The molecule has 0 saturated heterocycles. The zero-order valence-corrected chi connectivity index (χ0v) is 22.9. The molecule has 0 radical (unpaired) electrons. The number of aromatic hydroxyl groups is 1. The molecule has 0 unspecified atom stereocenters. The Kier molecular flexibility index (Phi) is 12.3. The van der Waals surface area contributed by atoms with Crippen molar-refractivity contribution in [2.75, 3.05) is 42.7 Å². The maximum absolute atomic E-state index is 11.4. The number of phenols is 1. The van der Waals surface area contributed by atoms with Gasteiger partial charge in [0.15, 0.2) is 23.0 Å². The van der Waals surface area contributed by atoms with Crippen LogP contribution < -0.4 is 23.7 Å². The van der Waals surface area contributed by atoms with Crippen molar-refractivity contribution in [3.05, 3.63) is 71.3 Å². The van der Waals surface area contributed by atoms with Gasteiger partial charge in [0.1, 0.15) is 6.61 Å². The fraction of sp³-hybridized carbons (Fsp3) is 0.310. The van der Waals surface area contributed by atoms with E-state index in [2.05, 4.69) is 9.47 Å². The summed E-state index contributed by atoms with van der Waals surface area (Å²) in [6, 6.07) is 16.4. The lowest BCUT2D eigenvalue weighted by atomic mass is 10.1. The Labute approximate surface area is 227 Å². The van der Waals surface area contributed by atoms with Crippen LogP contribution in [0.4, 0.5) is 0 Å². The summed E-state index contributed by atoms with van der Waals surface area (Å²) in [7, 11) is 8.62. The number of rotatable bonds is 11. The van der Waals surface area contributed by atoms with Crippen molar-refractivity contribution in [2.24, 2.45) is 0 Å². The van der Waals surface area contributed by atoms with Gasteiger partial charge >= 0.3 is 11.9 Å². The van der Waals surface area contributed by atoms with Gasteiger partial charge in [0, 0.05) is 0 Å². The van der Waals surface area contributed by atoms with Crippen LogP contribution in [0.25, 0.3) is 0 Å². The van der Waals surface area contributed by atoms with Crippen LogP contribution in [0.15, 0.2) is 54.6 Å². The number of methoxy groups -OCH3 is 6. The van der Waals surface area contributed by atoms with E-state index in [9.17, 15) is 14.7 Å². The highest BCUT2D eigenvalue weighted by atomic mass is 16.5. The van der Waals surface area contributed by atoms with Crippen LogP contribution >= 0.6 is 0 Å². The first-order valence-electron chi connectivity index (χ1n) is 11.8. The Bertz CT molecular complexity index is 1170. The first kappa shape index (κ1) is 30.6.